The third-order valence-corrected chi connectivity index (χ3v) is 5.93. The SMILES string of the molecule is COc1ccc(S(=O)(=O)N(CC(C)C)CC(C)(C)CCN(C)C)cc1. The van der Waals surface area contributed by atoms with Crippen LogP contribution in [-0.2, 0) is 10.0 Å². The van der Waals surface area contributed by atoms with Gasteiger partial charge in [0.1, 0.15) is 5.75 Å². The van der Waals surface area contributed by atoms with Crippen LogP contribution in [0.25, 0.3) is 0 Å². The topological polar surface area (TPSA) is 49.9 Å². The highest BCUT2D eigenvalue weighted by atomic mass is 32.2. The highest BCUT2D eigenvalue weighted by Crippen LogP contribution is 2.27. The monoisotopic (exact) mass is 370 g/mol. The van der Waals surface area contributed by atoms with Crippen LogP contribution in [0.5, 0.6) is 5.75 Å². The lowest BCUT2D eigenvalue weighted by Gasteiger charge is -2.34. The van der Waals surface area contributed by atoms with Gasteiger partial charge in [-0.2, -0.15) is 4.31 Å². The first-order valence-corrected chi connectivity index (χ1v) is 10.2. The van der Waals surface area contributed by atoms with Crippen LogP contribution in [0.1, 0.15) is 34.1 Å². The fourth-order valence-electron chi connectivity index (χ4n) is 2.63. The van der Waals surface area contributed by atoms with Crippen LogP contribution in [0.15, 0.2) is 29.2 Å². The second-order valence-corrected chi connectivity index (χ2v) is 10.0. The van der Waals surface area contributed by atoms with E-state index in [1.54, 1.807) is 35.7 Å². The van der Waals surface area contributed by atoms with Gasteiger partial charge in [-0.3, -0.25) is 0 Å². The van der Waals surface area contributed by atoms with Gasteiger partial charge in [0.05, 0.1) is 12.0 Å². The summed E-state index contributed by atoms with van der Waals surface area (Å²) in [5.74, 6) is 0.915. The molecule has 0 N–H and O–H groups in total. The second-order valence-electron chi connectivity index (χ2n) is 8.08. The average molecular weight is 371 g/mol. The summed E-state index contributed by atoms with van der Waals surface area (Å²) in [5.41, 5.74) is -0.0985. The number of benzene rings is 1. The molecule has 0 unspecified atom stereocenters. The van der Waals surface area contributed by atoms with Crippen molar-refractivity contribution in [2.45, 2.75) is 39.0 Å². The van der Waals surface area contributed by atoms with Crippen molar-refractivity contribution in [3.8, 4) is 5.75 Å². The Labute approximate surface area is 154 Å². The molecule has 0 aliphatic rings. The summed E-state index contributed by atoms with van der Waals surface area (Å²) >= 11 is 0. The van der Waals surface area contributed by atoms with E-state index in [0.29, 0.717) is 23.7 Å². The largest absolute Gasteiger partial charge is 0.497 e. The van der Waals surface area contributed by atoms with Crippen molar-refractivity contribution in [3.63, 3.8) is 0 Å². The smallest absolute Gasteiger partial charge is 0.243 e. The average Bonchev–Trinajstić information content (AvgIpc) is 2.52. The molecular weight excluding hydrogens is 336 g/mol. The second kappa shape index (κ2) is 9.01. The molecule has 0 saturated heterocycles. The molecule has 0 radical (unpaired) electrons. The van der Waals surface area contributed by atoms with E-state index in [2.05, 4.69) is 18.7 Å². The first kappa shape index (κ1) is 21.9. The van der Waals surface area contributed by atoms with Gasteiger partial charge in [0.2, 0.25) is 10.0 Å². The standard InChI is InChI=1S/C19H34N2O3S/c1-16(2)14-21(15-19(3,4)12-13-20(5)6)25(22,23)18-10-8-17(24-7)9-11-18/h8-11,16H,12-15H2,1-7H3. The minimum absolute atomic E-state index is 0.0985. The van der Waals surface area contributed by atoms with Gasteiger partial charge in [0.15, 0.2) is 0 Å². The summed E-state index contributed by atoms with van der Waals surface area (Å²) in [7, 11) is 2.12. The Hall–Kier alpha value is -1.11. The minimum Gasteiger partial charge on any atom is -0.497 e. The van der Waals surface area contributed by atoms with Crippen LogP contribution in [0.2, 0.25) is 0 Å². The molecule has 6 heteroatoms. The van der Waals surface area contributed by atoms with Crippen molar-refractivity contribution >= 4 is 10.0 Å². The molecule has 0 spiro atoms. The van der Waals surface area contributed by atoms with Crippen molar-refractivity contribution in [1.29, 1.82) is 0 Å². The van der Waals surface area contributed by atoms with Crippen LogP contribution >= 0.6 is 0 Å². The van der Waals surface area contributed by atoms with Crippen molar-refractivity contribution < 1.29 is 13.2 Å². The molecular formula is C19H34N2O3S. The van der Waals surface area contributed by atoms with Gasteiger partial charge in [-0.25, -0.2) is 8.42 Å². The summed E-state index contributed by atoms with van der Waals surface area (Å²) in [6, 6.07) is 6.62. The zero-order chi connectivity index (χ0) is 19.3. The van der Waals surface area contributed by atoms with Crippen LogP contribution in [0.3, 0.4) is 0 Å². The van der Waals surface area contributed by atoms with E-state index in [1.165, 1.54) is 0 Å². The Morgan fingerprint density at radius 3 is 2.12 bits per heavy atom. The Balaban J connectivity index is 3.06. The predicted octanol–water partition coefficient (Wildman–Crippen LogP) is 3.32. The molecule has 0 saturated carbocycles. The zero-order valence-corrected chi connectivity index (χ0v) is 17.6. The first-order chi connectivity index (χ1) is 11.5. The molecule has 0 aliphatic heterocycles. The van der Waals surface area contributed by atoms with Crippen LogP contribution in [0.4, 0.5) is 0 Å². The summed E-state index contributed by atoms with van der Waals surface area (Å²) in [6.07, 6.45) is 0.937. The van der Waals surface area contributed by atoms with Gasteiger partial charge in [0.25, 0.3) is 0 Å². The summed E-state index contributed by atoms with van der Waals surface area (Å²) in [6.45, 7) is 10.3. The van der Waals surface area contributed by atoms with Crippen LogP contribution in [0, 0.1) is 11.3 Å². The highest BCUT2D eigenvalue weighted by Gasteiger charge is 2.31. The summed E-state index contributed by atoms with van der Waals surface area (Å²) < 4.78 is 33.1. The van der Waals surface area contributed by atoms with Crippen molar-refractivity contribution in [2.75, 3.05) is 40.8 Å². The molecule has 1 aromatic rings. The number of sulfonamides is 1. The molecule has 0 aromatic heterocycles. The maximum Gasteiger partial charge on any atom is 0.243 e. The predicted molar refractivity (Wildman–Crippen MR) is 104 cm³/mol. The van der Waals surface area contributed by atoms with E-state index < -0.39 is 10.0 Å². The van der Waals surface area contributed by atoms with Crippen molar-refractivity contribution in [3.05, 3.63) is 24.3 Å². The summed E-state index contributed by atoms with van der Waals surface area (Å²) in [5, 5.41) is 0. The van der Waals surface area contributed by atoms with Gasteiger partial charge in [-0.05, 0) is 62.7 Å². The number of hydrogen-bond donors (Lipinski definition) is 0. The normalized spacial score (nSPS) is 13.0. The zero-order valence-electron chi connectivity index (χ0n) is 16.7. The van der Waals surface area contributed by atoms with Crippen molar-refractivity contribution in [2.24, 2.45) is 11.3 Å². The molecule has 0 heterocycles. The summed E-state index contributed by atoms with van der Waals surface area (Å²) in [4.78, 5) is 2.45. The molecule has 0 aliphatic carbocycles. The Kier molecular flexibility index (Phi) is 7.90. The molecule has 0 amide bonds. The molecule has 0 bridgehead atoms. The molecule has 1 rings (SSSR count). The Bertz CT molecular complexity index is 623. The van der Waals surface area contributed by atoms with E-state index in [9.17, 15) is 8.42 Å². The van der Waals surface area contributed by atoms with Gasteiger partial charge in [-0.1, -0.05) is 27.7 Å². The molecule has 0 atom stereocenters. The quantitative estimate of drug-likeness (QED) is 0.634. The fraction of sp³-hybridized carbons (Fsp3) is 0.684. The minimum atomic E-state index is -3.53. The third kappa shape index (κ3) is 6.96. The molecule has 0 fully saturated rings. The third-order valence-electron chi connectivity index (χ3n) is 4.11. The fourth-order valence-corrected chi connectivity index (χ4v) is 4.43. The molecule has 1 aromatic carbocycles. The Morgan fingerprint density at radius 1 is 1.12 bits per heavy atom. The molecule has 144 valence electrons. The highest BCUT2D eigenvalue weighted by molar-refractivity contribution is 7.89. The van der Waals surface area contributed by atoms with Crippen molar-refractivity contribution in [1.82, 2.24) is 9.21 Å². The maximum atomic E-state index is 13.2. The number of nitrogens with zero attached hydrogens (tertiary/aromatic N) is 2. The van der Waals surface area contributed by atoms with E-state index >= 15 is 0 Å². The van der Waals surface area contributed by atoms with E-state index in [1.807, 2.05) is 27.9 Å². The van der Waals surface area contributed by atoms with E-state index in [-0.39, 0.29) is 11.3 Å². The van der Waals surface area contributed by atoms with E-state index in [0.717, 1.165) is 13.0 Å². The van der Waals surface area contributed by atoms with E-state index in [4.69, 9.17) is 4.74 Å². The van der Waals surface area contributed by atoms with Crippen LogP contribution < -0.4 is 4.74 Å². The number of rotatable bonds is 10. The number of ether oxygens (including phenoxy) is 1. The van der Waals surface area contributed by atoms with Gasteiger partial charge < -0.3 is 9.64 Å². The molecule has 25 heavy (non-hydrogen) atoms. The first-order valence-electron chi connectivity index (χ1n) is 8.77. The lowest BCUT2D eigenvalue weighted by molar-refractivity contribution is 0.209. The van der Waals surface area contributed by atoms with Gasteiger partial charge in [-0.15, -0.1) is 0 Å². The van der Waals surface area contributed by atoms with Gasteiger partial charge in [0, 0.05) is 13.1 Å². The maximum absolute atomic E-state index is 13.2. The lowest BCUT2D eigenvalue weighted by atomic mass is 9.89. The van der Waals surface area contributed by atoms with Crippen LogP contribution in [-0.4, -0.2) is 58.5 Å². The number of methoxy groups -OCH3 is 1. The molecule has 5 nitrogen and oxygen atoms in total. The Morgan fingerprint density at radius 2 is 1.68 bits per heavy atom. The number of hydrogen-bond acceptors (Lipinski definition) is 4. The lowest BCUT2D eigenvalue weighted by Crippen LogP contribution is -2.41. The van der Waals surface area contributed by atoms with Gasteiger partial charge >= 0.3 is 0 Å².